The molecule has 0 N–H and O–H groups in total. The highest BCUT2D eigenvalue weighted by molar-refractivity contribution is 6.62. The van der Waals surface area contributed by atoms with Gasteiger partial charge in [-0.25, -0.2) is 0 Å². The van der Waals surface area contributed by atoms with Crippen LogP contribution in [0.25, 0.3) is 11.1 Å². The molecule has 4 aromatic carbocycles. The van der Waals surface area contributed by atoms with Crippen molar-refractivity contribution in [3.05, 3.63) is 118 Å². The number of fused-ring (bicyclic) bond motifs is 3. The maximum atomic E-state index is 6.60. The molecule has 244 valence electrons. The molecule has 1 heterocycles. The van der Waals surface area contributed by atoms with Crippen molar-refractivity contribution < 1.29 is 9.31 Å². The molecule has 0 aromatic heterocycles. The van der Waals surface area contributed by atoms with E-state index in [1.54, 1.807) is 0 Å². The van der Waals surface area contributed by atoms with E-state index < -0.39 is 23.7 Å². The molecule has 2 aliphatic rings. The van der Waals surface area contributed by atoms with E-state index >= 15 is 0 Å². The van der Waals surface area contributed by atoms with Crippen molar-refractivity contribution in [1.29, 1.82) is 0 Å². The van der Waals surface area contributed by atoms with Crippen LogP contribution in [0.15, 0.2) is 84.9 Å². The van der Waals surface area contributed by atoms with Gasteiger partial charge in [-0.1, -0.05) is 143 Å². The standard InChI is InChI=1S/C43H54B2O2/c1-7-9-11-13-15-31-17-21-33(22-18-31)43(34-23-19-32(20-24-34)16-14-12-10-8-2)39-29-35(44)25-27-37(39)38-28-26-36(30-40(38)43)45-46-41(3,4)42(5,6)47-45/h17-30H,7-16,44H2,1-6H3. The number of unbranched alkanes of at least 4 members (excludes halogenated alkanes) is 6. The molecule has 1 fully saturated rings. The molecule has 6 rings (SSSR count). The van der Waals surface area contributed by atoms with E-state index in [2.05, 4.69) is 134 Å². The number of aryl methyl sites for hydroxylation is 2. The monoisotopic (exact) mass is 624 g/mol. The summed E-state index contributed by atoms with van der Waals surface area (Å²) in [4.78, 5) is 0. The summed E-state index contributed by atoms with van der Waals surface area (Å²) in [7, 11) is 1.81. The molecule has 0 unspecified atom stereocenters. The van der Waals surface area contributed by atoms with Gasteiger partial charge in [0.1, 0.15) is 7.85 Å². The fourth-order valence-electron chi connectivity index (χ4n) is 7.72. The van der Waals surface area contributed by atoms with E-state index in [0.717, 1.165) is 18.3 Å². The summed E-state index contributed by atoms with van der Waals surface area (Å²) in [6.45, 7) is 13.1. The van der Waals surface area contributed by atoms with E-state index in [1.165, 1.54) is 101 Å². The summed E-state index contributed by atoms with van der Waals surface area (Å²) >= 11 is 0. The molecular formula is C43H54B2O2. The lowest BCUT2D eigenvalue weighted by molar-refractivity contribution is 0.00578. The summed E-state index contributed by atoms with van der Waals surface area (Å²) in [6, 6.07) is 33.2. The minimum Gasteiger partial charge on any atom is -0.399 e. The van der Waals surface area contributed by atoms with Gasteiger partial charge in [-0.15, -0.1) is 0 Å². The van der Waals surface area contributed by atoms with E-state index in [-0.39, 0.29) is 0 Å². The Morgan fingerprint density at radius 3 is 1.51 bits per heavy atom. The number of hydrogen-bond donors (Lipinski definition) is 0. The Kier molecular flexibility index (Phi) is 9.94. The zero-order valence-electron chi connectivity index (χ0n) is 30.0. The van der Waals surface area contributed by atoms with Crippen molar-refractivity contribution in [1.82, 2.24) is 0 Å². The van der Waals surface area contributed by atoms with Gasteiger partial charge in [-0.3, -0.25) is 0 Å². The van der Waals surface area contributed by atoms with Crippen molar-refractivity contribution in [2.24, 2.45) is 0 Å². The molecular weight excluding hydrogens is 570 g/mol. The largest absolute Gasteiger partial charge is 0.494 e. The average molecular weight is 625 g/mol. The molecule has 0 saturated carbocycles. The Morgan fingerprint density at radius 2 is 1.02 bits per heavy atom. The molecule has 1 aliphatic heterocycles. The lowest BCUT2D eigenvalue weighted by atomic mass is 9.65. The van der Waals surface area contributed by atoms with Crippen molar-refractivity contribution in [2.75, 3.05) is 0 Å². The first kappa shape index (κ1) is 33.8. The summed E-state index contributed by atoms with van der Waals surface area (Å²) < 4.78 is 13.2. The van der Waals surface area contributed by atoms with Crippen LogP contribution in [0.2, 0.25) is 0 Å². The predicted octanol–water partition coefficient (Wildman–Crippen LogP) is 8.85. The second-order valence-corrected chi connectivity index (χ2v) is 15.2. The van der Waals surface area contributed by atoms with Crippen LogP contribution >= 0.6 is 0 Å². The van der Waals surface area contributed by atoms with Gasteiger partial charge in [0.2, 0.25) is 0 Å². The Balaban J connectivity index is 1.50. The molecule has 0 radical (unpaired) electrons. The van der Waals surface area contributed by atoms with Crippen LogP contribution in [0.3, 0.4) is 0 Å². The molecule has 2 nitrogen and oxygen atoms in total. The molecule has 1 aliphatic carbocycles. The maximum Gasteiger partial charge on any atom is 0.494 e. The normalized spacial score (nSPS) is 17.1. The SMILES string of the molecule is Bc1ccc2c(c1)C(c1ccc(CCCCCC)cc1)(c1ccc(CCCCCC)cc1)c1cc(B3OC(C)(C)C(C)(C)O3)ccc1-2. The molecule has 4 aromatic rings. The highest BCUT2D eigenvalue weighted by Crippen LogP contribution is 2.56. The van der Waals surface area contributed by atoms with Gasteiger partial charge < -0.3 is 9.31 Å². The van der Waals surface area contributed by atoms with Crippen LogP contribution in [0, 0.1) is 0 Å². The molecule has 0 bridgehead atoms. The molecule has 1 saturated heterocycles. The van der Waals surface area contributed by atoms with E-state index in [9.17, 15) is 0 Å². The maximum absolute atomic E-state index is 6.60. The van der Waals surface area contributed by atoms with Crippen molar-refractivity contribution in [3.8, 4) is 11.1 Å². The summed E-state index contributed by atoms with van der Waals surface area (Å²) in [5.74, 6) is 0. The van der Waals surface area contributed by atoms with Gasteiger partial charge in [-0.2, -0.15) is 0 Å². The van der Waals surface area contributed by atoms with Gasteiger partial charge in [0, 0.05) is 0 Å². The Labute approximate surface area is 286 Å². The lowest BCUT2D eigenvalue weighted by Crippen LogP contribution is -2.41. The third-order valence-corrected chi connectivity index (χ3v) is 11.3. The predicted molar refractivity (Wildman–Crippen MR) is 203 cm³/mol. The molecule has 0 atom stereocenters. The zero-order valence-corrected chi connectivity index (χ0v) is 30.0. The second-order valence-electron chi connectivity index (χ2n) is 15.2. The van der Waals surface area contributed by atoms with Gasteiger partial charge in [-0.05, 0) is 103 Å². The molecule has 47 heavy (non-hydrogen) atoms. The topological polar surface area (TPSA) is 18.5 Å². The quantitative estimate of drug-likeness (QED) is 0.0963. The fourth-order valence-corrected chi connectivity index (χ4v) is 7.72. The van der Waals surface area contributed by atoms with Crippen molar-refractivity contribution >= 4 is 25.9 Å². The van der Waals surface area contributed by atoms with Crippen LogP contribution in [0.4, 0.5) is 0 Å². The van der Waals surface area contributed by atoms with E-state index in [4.69, 9.17) is 9.31 Å². The minimum atomic E-state index is -0.447. The van der Waals surface area contributed by atoms with Gasteiger partial charge in [0.25, 0.3) is 0 Å². The van der Waals surface area contributed by atoms with Gasteiger partial charge >= 0.3 is 7.12 Å². The van der Waals surface area contributed by atoms with Crippen molar-refractivity contribution in [3.63, 3.8) is 0 Å². The number of hydrogen-bond acceptors (Lipinski definition) is 2. The smallest absolute Gasteiger partial charge is 0.399 e. The van der Waals surface area contributed by atoms with Crippen LogP contribution in [-0.2, 0) is 27.6 Å². The van der Waals surface area contributed by atoms with E-state index in [0.29, 0.717) is 0 Å². The third kappa shape index (κ3) is 6.41. The average Bonchev–Trinajstić information content (AvgIpc) is 3.47. The summed E-state index contributed by atoms with van der Waals surface area (Å²) in [5.41, 5.74) is 11.9. The zero-order chi connectivity index (χ0) is 33.2. The second kappa shape index (κ2) is 13.8. The first-order valence-corrected chi connectivity index (χ1v) is 18.4. The van der Waals surface area contributed by atoms with E-state index in [1.807, 2.05) is 0 Å². The summed E-state index contributed by atoms with van der Waals surface area (Å²) in [6.07, 6.45) is 12.5. The van der Waals surface area contributed by atoms with Crippen molar-refractivity contribution in [2.45, 2.75) is 122 Å². The number of benzene rings is 4. The Morgan fingerprint density at radius 1 is 0.553 bits per heavy atom. The van der Waals surface area contributed by atoms with Crippen LogP contribution < -0.4 is 10.9 Å². The fraction of sp³-hybridized carbons (Fsp3) is 0.442. The number of rotatable bonds is 13. The Hall–Kier alpha value is -3.07. The first-order chi connectivity index (χ1) is 22.6. The minimum absolute atomic E-state index is 0.395. The van der Waals surface area contributed by atoms with Gasteiger partial charge in [0.05, 0.1) is 16.6 Å². The lowest BCUT2D eigenvalue weighted by Gasteiger charge is -2.34. The molecule has 0 spiro atoms. The highest BCUT2D eigenvalue weighted by atomic mass is 16.7. The third-order valence-electron chi connectivity index (χ3n) is 11.3. The first-order valence-electron chi connectivity index (χ1n) is 18.4. The molecule has 4 heteroatoms. The highest BCUT2D eigenvalue weighted by Gasteiger charge is 2.53. The Bertz CT molecular complexity index is 1600. The molecule has 0 amide bonds. The summed E-state index contributed by atoms with van der Waals surface area (Å²) in [5, 5.41) is 0. The van der Waals surface area contributed by atoms with Crippen LogP contribution in [-0.4, -0.2) is 26.2 Å². The van der Waals surface area contributed by atoms with Gasteiger partial charge in [0.15, 0.2) is 0 Å². The van der Waals surface area contributed by atoms with Crippen LogP contribution in [0.1, 0.15) is 126 Å². The van der Waals surface area contributed by atoms with Crippen LogP contribution in [0.5, 0.6) is 0 Å².